The van der Waals surface area contributed by atoms with E-state index in [1.807, 2.05) is 0 Å². The lowest BCUT2D eigenvalue weighted by atomic mass is 9.94. The van der Waals surface area contributed by atoms with E-state index in [1.54, 1.807) is 30.3 Å². The number of nitrogens with zero attached hydrogens (tertiary/aromatic N) is 2. The Kier molecular flexibility index (Phi) is 6.48. The quantitative estimate of drug-likeness (QED) is 0.518. The second kappa shape index (κ2) is 9.04. The molecule has 0 N–H and O–H groups in total. The lowest BCUT2D eigenvalue weighted by Crippen LogP contribution is -2.23. The molecule has 1 atom stereocenters. The van der Waals surface area contributed by atoms with E-state index in [1.165, 1.54) is 31.6 Å². The number of ether oxygens (including phenoxy) is 3. The Balaban J connectivity index is 1.72. The van der Waals surface area contributed by atoms with Gasteiger partial charge in [-0.3, -0.25) is 0 Å². The minimum atomic E-state index is -4.47. The fourth-order valence-electron chi connectivity index (χ4n) is 2.82. The standard InChI is InChI=1S/C20H17F3N2O3S/c1-26-18-15-11-13(7-8-17(15)24-12-25-18)16(20(21,22)23)9-10-27-19(29)28-14-5-3-2-4-6-14/h2-8,11-12,16H,9-10H2,1H3. The molecule has 0 saturated carbocycles. The van der Waals surface area contributed by atoms with Gasteiger partial charge in [-0.05, 0) is 36.2 Å². The van der Waals surface area contributed by atoms with Gasteiger partial charge in [0.1, 0.15) is 12.1 Å². The fraction of sp³-hybridized carbons (Fsp3) is 0.250. The fourth-order valence-corrected chi connectivity index (χ4v) is 3.00. The maximum absolute atomic E-state index is 13.7. The number of fused-ring (bicyclic) bond motifs is 1. The number of hydrogen-bond donors (Lipinski definition) is 0. The normalized spacial score (nSPS) is 12.4. The van der Waals surface area contributed by atoms with Crippen LogP contribution >= 0.6 is 12.2 Å². The van der Waals surface area contributed by atoms with Crippen LogP contribution in [0.25, 0.3) is 10.9 Å². The molecule has 29 heavy (non-hydrogen) atoms. The molecule has 0 fully saturated rings. The Bertz CT molecular complexity index is 984. The number of alkyl halides is 3. The van der Waals surface area contributed by atoms with Gasteiger partial charge in [-0.1, -0.05) is 24.3 Å². The predicted molar refractivity (Wildman–Crippen MR) is 105 cm³/mol. The van der Waals surface area contributed by atoms with Crippen LogP contribution in [-0.2, 0) is 4.74 Å². The van der Waals surface area contributed by atoms with Crippen molar-refractivity contribution in [1.82, 2.24) is 9.97 Å². The lowest BCUT2D eigenvalue weighted by Gasteiger charge is -2.21. The van der Waals surface area contributed by atoms with Gasteiger partial charge in [0.15, 0.2) is 0 Å². The first kappa shape index (κ1) is 20.8. The van der Waals surface area contributed by atoms with Crippen molar-refractivity contribution >= 4 is 28.4 Å². The molecule has 3 aromatic rings. The molecule has 0 radical (unpaired) electrons. The molecule has 1 aromatic heterocycles. The summed E-state index contributed by atoms with van der Waals surface area (Å²) in [5, 5.41) is 0.177. The van der Waals surface area contributed by atoms with Gasteiger partial charge < -0.3 is 14.2 Å². The second-order valence-electron chi connectivity index (χ2n) is 6.06. The summed E-state index contributed by atoms with van der Waals surface area (Å²) in [4.78, 5) is 7.99. The highest BCUT2D eigenvalue weighted by Gasteiger charge is 2.40. The number of hydrogen-bond acceptors (Lipinski definition) is 6. The van der Waals surface area contributed by atoms with Crippen LogP contribution in [0.5, 0.6) is 11.6 Å². The first-order valence-corrected chi connectivity index (χ1v) is 9.04. The van der Waals surface area contributed by atoms with Crippen LogP contribution in [-0.4, -0.2) is 35.1 Å². The van der Waals surface area contributed by atoms with Crippen molar-refractivity contribution in [3.63, 3.8) is 0 Å². The Morgan fingerprint density at radius 1 is 1.10 bits per heavy atom. The molecule has 2 aromatic carbocycles. The van der Waals surface area contributed by atoms with Crippen molar-refractivity contribution in [2.24, 2.45) is 0 Å². The van der Waals surface area contributed by atoms with E-state index in [2.05, 4.69) is 9.97 Å². The van der Waals surface area contributed by atoms with Crippen LogP contribution in [0.1, 0.15) is 17.9 Å². The van der Waals surface area contributed by atoms with Gasteiger partial charge >= 0.3 is 11.4 Å². The molecule has 0 spiro atoms. The summed E-state index contributed by atoms with van der Waals surface area (Å²) in [5.41, 5.74) is 0.562. The zero-order valence-corrected chi connectivity index (χ0v) is 16.2. The zero-order valence-electron chi connectivity index (χ0n) is 15.3. The molecule has 5 nitrogen and oxygen atoms in total. The van der Waals surface area contributed by atoms with Gasteiger partial charge in [-0.2, -0.15) is 13.2 Å². The molecule has 0 aliphatic heterocycles. The molecule has 152 valence electrons. The summed E-state index contributed by atoms with van der Waals surface area (Å²) in [6, 6.07) is 12.9. The molecule has 1 unspecified atom stereocenters. The van der Waals surface area contributed by atoms with Crippen molar-refractivity contribution in [2.75, 3.05) is 13.7 Å². The van der Waals surface area contributed by atoms with Crippen LogP contribution in [0.4, 0.5) is 13.2 Å². The molecule has 0 bridgehead atoms. The van der Waals surface area contributed by atoms with E-state index in [-0.39, 0.29) is 29.7 Å². The molecular weight excluding hydrogens is 405 g/mol. The number of halogens is 3. The highest BCUT2D eigenvalue weighted by molar-refractivity contribution is 7.79. The van der Waals surface area contributed by atoms with E-state index in [4.69, 9.17) is 26.4 Å². The van der Waals surface area contributed by atoms with Gasteiger partial charge in [0.2, 0.25) is 5.88 Å². The monoisotopic (exact) mass is 422 g/mol. The van der Waals surface area contributed by atoms with Gasteiger partial charge in [0.05, 0.1) is 30.5 Å². The summed E-state index contributed by atoms with van der Waals surface area (Å²) in [7, 11) is 1.40. The Hall–Kier alpha value is -2.94. The molecule has 0 aliphatic rings. The maximum Gasteiger partial charge on any atom is 0.395 e. The molecule has 0 aliphatic carbocycles. The first-order chi connectivity index (χ1) is 13.9. The van der Waals surface area contributed by atoms with Gasteiger partial charge in [0, 0.05) is 12.2 Å². The van der Waals surface area contributed by atoms with Gasteiger partial charge in [-0.25, -0.2) is 9.97 Å². The molecule has 3 rings (SSSR count). The third-order valence-electron chi connectivity index (χ3n) is 4.18. The van der Waals surface area contributed by atoms with Crippen LogP contribution in [0.3, 0.4) is 0 Å². The Morgan fingerprint density at radius 3 is 2.55 bits per heavy atom. The zero-order chi connectivity index (χ0) is 20.9. The highest BCUT2D eigenvalue weighted by Crippen LogP contribution is 2.39. The van der Waals surface area contributed by atoms with Crippen molar-refractivity contribution in [3.8, 4) is 11.6 Å². The number of thiocarbonyl (C=S) groups is 1. The van der Waals surface area contributed by atoms with Gasteiger partial charge in [-0.15, -0.1) is 0 Å². The largest absolute Gasteiger partial charge is 0.480 e. The summed E-state index contributed by atoms with van der Waals surface area (Å²) in [6.07, 6.45) is -3.51. The third kappa shape index (κ3) is 5.32. The van der Waals surface area contributed by atoms with E-state index in [0.29, 0.717) is 16.7 Å². The highest BCUT2D eigenvalue weighted by atomic mass is 32.1. The van der Waals surface area contributed by atoms with E-state index in [9.17, 15) is 13.2 Å². The van der Waals surface area contributed by atoms with Crippen molar-refractivity contribution in [3.05, 3.63) is 60.4 Å². The lowest BCUT2D eigenvalue weighted by molar-refractivity contribution is -0.153. The van der Waals surface area contributed by atoms with Crippen LogP contribution in [0, 0.1) is 0 Å². The summed E-state index contributed by atoms with van der Waals surface area (Å²) in [6.45, 7) is -0.254. The average molecular weight is 422 g/mol. The summed E-state index contributed by atoms with van der Waals surface area (Å²) >= 11 is 4.94. The van der Waals surface area contributed by atoms with Crippen molar-refractivity contribution in [1.29, 1.82) is 0 Å². The number of aromatic nitrogens is 2. The molecular formula is C20H17F3N2O3S. The average Bonchev–Trinajstić information content (AvgIpc) is 2.70. The van der Waals surface area contributed by atoms with Crippen molar-refractivity contribution in [2.45, 2.75) is 18.5 Å². The van der Waals surface area contributed by atoms with Gasteiger partial charge in [0.25, 0.3) is 0 Å². The minimum absolute atomic E-state index is 0.0663. The van der Waals surface area contributed by atoms with Crippen LogP contribution in [0.2, 0.25) is 0 Å². The molecule has 0 saturated heterocycles. The second-order valence-corrected chi connectivity index (χ2v) is 6.39. The Labute approximate surface area is 170 Å². The molecule has 1 heterocycles. The Morgan fingerprint density at radius 2 is 1.86 bits per heavy atom. The SMILES string of the molecule is COc1ncnc2ccc(C(CCOC(=S)Oc3ccccc3)C(F)(F)F)cc12. The first-order valence-electron chi connectivity index (χ1n) is 8.63. The number of methoxy groups -OCH3 is 1. The third-order valence-corrected chi connectivity index (χ3v) is 4.39. The summed E-state index contributed by atoms with van der Waals surface area (Å²) in [5.74, 6) is -1.09. The van der Waals surface area contributed by atoms with E-state index in [0.717, 1.165) is 0 Å². The van der Waals surface area contributed by atoms with Crippen LogP contribution < -0.4 is 9.47 Å². The minimum Gasteiger partial charge on any atom is -0.480 e. The topological polar surface area (TPSA) is 53.5 Å². The number of para-hydroxylation sites is 1. The van der Waals surface area contributed by atoms with E-state index < -0.39 is 12.1 Å². The maximum atomic E-state index is 13.7. The van der Waals surface area contributed by atoms with Crippen molar-refractivity contribution < 1.29 is 27.4 Å². The predicted octanol–water partition coefficient (Wildman–Crippen LogP) is 5.05. The number of benzene rings is 2. The van der Waals surface area contributed by atoms with E-state index >= 15 is 0 Å². The molecule has 0 amide bonds. The smallest absolute Gasteiger partial charge is 0.395 e. The molecule has 9 heteroatoms. The number of rotatable bonds is 6. The summed E-state index contributed by atoms with van der Waals surface area (Å²) < 4.78 is 56.6. The van der Waals surface area contributed by atoms with Crippen LogP contribution in [0.15, 0.2) is 54.9 Å².